The molecule has 0 unspecified atom stereocenters. The largest absolute Gasteiger partial charge is 0.486 e. The molecule has 2 aromatic rings. The molecular formula is C16H16N4O3. The Morgan fingerprint density at radius 3 is 2.74 bits per heavy atom. The molecule has 7 heteroatoms. The van der Waals surface area contributed by atoms with Crippen molar-refractivity contribution in [2.45, 2.75) is 0 Å². The van der Waals surface area contributed by atoms with Crippen molar-refractivity contribution in [3.8, 4) is 11.5 Å². The predicted molar refractivity (Wildman–Crippen MR) is 86.1 cm³/mol. The van der Waals surface area contributed by atoms with Crippen LogP contribution in [-0.4, -0.2) is 35.9 Å². The van der Waals surface area contributed by atoms with Gasteiger partial charge in [-0.1, -0.05) is 6.08 Å². The number of fused-ring (bicyclic) bond motifs is 1. The van der Waals surface area contributed by atoms with Crippen molar-refractivity contribution in [2.75, 3.05) is 30.4 Å². The number of hydrogen-bond donors (Lipinski definition) is 2. The lowest BCUT2D eigenvalue weighted by atomic mass is 10.2. The van der Waals surface area contributed by atoms with Gasteiger partial charge in [-0.15, -0.1) is 16.8 Å². The van der Waals surface area contributed by atoms with Gasteiger partial charge in [-0.3, -0.25) is 4.79 Å². The SMILES string of the molecule is C=CCNc1ccc(C(=O)Nc2ccc3c(c2)OCCO3)nn1. The van der Waals surface area contributed by atoms with Gasteiger partial charge in [0.15, 0.2) is 17.2 Å². The van der Waals surface area contributed by atoms with Crippen LogP contribution in [0.3, 0.4) is 0 Å². The van der Waals surface area contributed by atoms with Crippen LogP contribution >= 0.6 is 0 Å². The van der Waals surface area contributed by atoms with E-state index in [0.717, 1.165) is 0 Å². The lowest BCUT2D eigenvalue weighted by Gasteiger charge is -2.18. The summed E-state index contributed by atoms with van der Waals surface area (Å²) in [5.41, 5.74) is 0.832. The Kier molecular flexibility index (Phi) is 4.37. The molecule has 1 aliphatic heterocycles. The van der Waals surface area contributed by atoms with Crippen LogP contribution < -0.4 is 20.1 Å². The number of nitrogens with zero attached hydrogens (tertiary/aromatic N) is 2. The molecule has 23 heavy (non-hydrogen) atoms. The van der Waals surface area contributed by atoms with E-state index in [-0.39, 0.29) is 11.6 Å². The molecular weight excluding hydrogens is 296 g/mol. The number of hydrogen-bond acceptors (Lipinski definition) is 6. The minimum Gasteiger partial charge on any atom is -0.486 e. The van der Waals surface area contributed by atoms with Crippen LogP contribution in [0.4, 0.5) is 11.5 Å². The maximum atomic E-state index is 12.2. The van der Waals surface area contributed by atoms with E-state index in [2.05, 4.69) is 27.4 Å². The highest BCUT2D eigenvalue weighted by Crippen LogP contribution is 2.32. The van der Waals surface area contributed by atoms with Crippen LogP contribution in [0.25, 0.3) is 0 Å². The molecule has 1 aromatic carbocycles. The maximum absolute atomic E-state index is 12.2. The van der Waals surface area contributed by atoms with Gasteiger partial charge in [0, 0.05) is 18.3 Å². The van der Waals surface area contributed by atoms with Gasteiger partial charge in [-0.2, -0.15) is 0 Å². The third-order valence-corrected chi connectivity index (χ3v) is 3.12. The van der Waals surface area contributed by atoms with E-state index in [9.17, 15) is 4.79 Å². The van der Waals surface area contributed by atoms with Crippen molar-refractivity contribution in [1.29, 1.82) is 0 Å². The van der Waals surface area contributed by atoms with E-state index in [1.54, 1.807) is 36.4 Å². The maximum Gasteiger partial charge on any atom is 0.276 e. The van der Waals surface area contributed by atoms with E-state index >= 15 is 0 Å². The number of benzene rings is 1. The van der Waals surface area contributed by atoms with Gasteiger partial charge in [0.25, 0.3) is 5.91 Å². The molecule has 2 heterocycles. The van der Waals surface area contributed by atoms with E-state index in [1.165, 1.54) is 0 Å². The van der Waals surface area contributed by atoms with Crippen LogP contribution in [0, 0.1) is 0 Å². The second kappa shape index (κ2) is 6.78. The first kappa shape index (κ1) is 14.8. The second-order valence-corrected chi connectivity index (χ2v) is 4.79. The molecule has 118 valence electrons. The number of amides is 1. The summed E-state index contributed by atoms with van der Waals surface area (Å²) in [5, 5.41) is 13.6. The smallest absolute Gasteiger partial charge is 0.276 e. The molecule has 0 atom stereocenters. The van der Waals surface area contributed by atoms with Gasteiger partial charge < -0.3 is 20.1 Å². The van der Waals surface area contributed by atoms with Crippen molar-refractivity contribution in [2.24, 2.45) is 0 Å². The Hall–Kier alpha value is -3.09. The monoisotopic (exact) mass is 312 g/mol. The first-order valence-electron chi connectivity index (χ1n) is 7.16. The Morgan fingerprint density at radius 2 is 2.00 bits per heavy atom. The highest BCUT2D eigenvalue weighted by atomic mass is 16.6. The number of ether oxygens (including phenoxy) is 2. The number of anilines is 2. The van der Waals surface area contributed by atoms with Crippen LogP contribution in [0.2, 0.25) is 0 Å². The molecule has 0 saturated carbocycles. The van der Waals surface area contributed by atoms with Crippen molar-refractivity contribution < 1.29 is 14.3 Å². The molecule has 1 aromatic heterocycles. The summed E-state index contributed by atoms with van der Waals surface area (Å²) in [6.07, 6.45) is 1.71. The summed E-state index contributed by atoms with van der Waals surface area (Å²) in [5.74, 6) is 1.53. The second-order valence-electron chi connectivity index (χ2n) is 4.79. The van der Waals surface area contributed by atoms with Gasteiger partial charge in [0.2, 0.25) is 0 Å². The third kappa shape index (κ3) is 3.57. The Bertz CT molecular complexity index is 716. The van der Waals surface area contributed by atoms with E-state index in [4.69, 9.17) is 9.47 Å². The minimum absolute atomic E-state index is 0.226. The van der Waals surface area contributed by atoms with Gasteiger partial charge >= 0.3 is 0 Å². The van der Waals surface area contributed by atoms with Crippen molar-refractivity contribution in [3.05, 3.63) is 48.7 Å². The summed E-state index contributed by atoms with van der Waals surface area (Å²) >= 11 is 0. The van der Waals surface area contributed by atoms with Gasteiger partial charge in [-0.05, 0) is 24.3 Å². The summed E-state index contributed by atoms with van der Waals surface area (Å²) in [6.45, 7) is 5.21. The molecule has 0 spiro atoms. The third-order valence-electron chi connectivity index (χ3n) is 3.12. The average molecular weight is 312 g/mol. The first-order valence-corrected chi connectivity index (χ1v) is 7.16. The van der Waals surface area contributed by atoms with Gasteiger partial charge in [0.05, 0.1) is 0 Å². The number of aromatic nitrogens is 2. The van der Waals surface area contributed by atoms with Crippen molar-refractivity contribution >= 4 is 17.4 Å². The molecule has 1 aliphatic rings. The minimum atomic E-state index is -0.343. The predicted octanol–water partition coefficient (Wildman–Crippen LogP) is 2.10. The molecule has 1 amide bonds. The average Bonchev–Trinajstić information content (AvgIpc) is 2.60. The number of rotatable bonds is 5. The van der Waals surface area contributed by atoms with E-state index in [1.807, 2.05) is 0 Å². The van der Waals surface area contributed by atoms with Crippen LogP contribution in [0.15, 0.2) is 43.0 Å². The number of nitrogens with one attached hydrogen (secondary N) is 2. The quantitative estimate of drug-likeness (QED) is 0.822. The highest BCUT2D eigenvalue weighted by molar-refractivity contribution is 6.02. The molecule has 2 N–H and O–H groups in total. The Balaban J connectivity index is 1.67. The fraction of sp³-hybridized carbons (Fsp3) is 0.188. The topological polar surface area (TPSA) is 85.4 Å². The highest BCUT2D eigenvalue weighted by Gasteiger charge is 2.14. The van der Waals surface area contributed by atoms with Crippen LogP contribution in [0.5, 0.6) is 11.5 Å². The molecule has 0 aliphatic carbocycles. The molecule has 0 bridgehead atoms. The first-order chi connectivity index (χ1) is 11.3. The van der Waals surface area contributed by atoms with E-state index in [0.29, 0.717) is 42.8 Å². The molecule has 7 nitrogen and oxygen atoms in total. The summed E-state index contributed by atoms with van der Waals surface area (Å²) in [7, 11) is 0. The molecule has 3 rings (SSSR count). The summed E-state index contributed by atoms with van der Waals surface area (Å²) in [4.78, 5) is 12.2. The zero-order valence-electron chi connectivity index (χ0n) is 12.4. The zero-order chi connectivity index (χ0) is 16.1. The fourth-order valence-corrected chi connectivity index (χ4v) is 2.04. The van der Waals surface area contributed by atoms with Gasteiger partial charge in [-0.25, -0.2) is 0 Å². The number of carbonyl (C=O) groups excluding carboxylic acids is 1. The molecule has 0 fully saturated rings. The zero-order valence-corrected chi connectivity index (χ0v) is 12.4. The van der Waals surface area contributed by atoms with Gasteiger partial charge in [0.1, 0.15) is 19.0 Å². The van der Waals surface area contributed by atoms with Crippen molar-refractivity contribution in [1.82, 2.24) is 10.2 Å². The lowest BCUT2D eigenvalue weighted by Crippen LogP contribution is -2.17. The van der Waals surface area contributed by atoms with E-state index < -0.39 is 0 Å². The fourth-order valence-electron chi connectivity index (χ4n) is 2.04. The Labute approximate surface area is 133 Å². The lowest BCUT2D eigenvalue weighted by molar-refractivity contribution is 0.102. The Morgan fingerprint density at radius 1 is 1.17 bits per heavy atom. The molecule has 0 saturated heterocycles. The summed E-state index contributed by atoms with van der Waals surface area (Å²) < 4.78 is 10.9. The normalized spacial score (nSPS) is 12.3. The van der Waals surface area contributed by atoms with Crippen LogP contribution in [-0.2, 0) is 0 Å². The van der Waals surface area contributed by atoms with Crippen LogP contribution in [0.1, 0.15) is 10.5 Å². The molecule has 0 radical (unpaired) electrons. The standard InChI is InChI=1S/C16H16N4O3/c1-2-7-17-15-6-4-12(19-20-15)16(21)18-11-3-5-13-14(10-11)23-9-8-22-13/h2-6,10H,1,7-9H2,(H,17,20)(H,18,21). The van der Waals surface area contributed by atoms with Crippen molar-refractivity contribution in [3.63, 3.8) is 0 Å². The summed E-state index contributed by atoms with van der Waals surface area (Å²) in [6, 6.07) is 8.53. The number of carbonyl (C=O) groups is 1.